The molecule has 0 bridgehead atoms. The van der Waals surface area contributed by atoms with E-state index in [-0.39, 0.29) is 5.95 Å². The molecule has 29 heavy (non-hydrogen) atoms. The molecule has 0 aliphatic carbocycles. The molecule has 4 aromatic heterocycles. The average Bonchev–Trinajstić information content (AvgIpc) is 3.44. The lowest BCUT2D eigenvalue weighted by atomic mass is 9.99. The van der Waals surface area contributed by atoms with Gasteiger partial charge in [-0.1, -0.05) is 18.2 Å². The zero-order valence-corrected chi connectivity index (χ0v) is 16.3. The van der Waals surface area contributed by atoms with Crippen LogP contribution in [-0.2, 0) is 0 Å². The summed E-state index contributed by atoms with van der Waals surface area (Å²) in [6.45, 7) is 2.02. The van der Waals surface area contributed by atoms with E-state index in [2.05, 4.69) is 67.6 Å². The van der Waals surface area contributed by atoms with E-state index < -0.39 is 0 Å². The van der Waals surface area contributed by atoms with Crippen molar-refractivity contribution in [2.45, 2.75) is 6.92 Å². The van der Waals surface area contributed by atoms with Gasteiger partial charge in [0.05, 0.1) is 22.9 Å². The van der Waals surface area contributed by atoms with E-state index in [0.29, 0.717) is 0 Å². The van der Waals surface area contributed by atoms with Gasteiger partial charge in [-0.2, -0.15) is 5.10 Å². The second-order valence-corrected chi connectivity index (χ2v) is 8.18. The maximum Gasteiger partial charge on any atom is 0.220 e. The van der Waals surface area contributed by atoms with Crippen molar-refractivity contribution in [2.75, 3.05) is 5.73 Å². The van der Waals surface area contributed by atoms with Crippen molar-refractivity contribution in [3.63, 3.8) is 0 Å². The van der Waals surface area contributed by atoms with Crippen LogP contribution < -0.4 is 5.73 Å². The highest BCUT2D eigenvalue weighted by Gasteiger charge is 2.16. The minimum absolute atomic E-state index is 0.267. The van der Waals surface area contributed by atoms with Gasteiger partial charge in [0.2, 0.25) is 5.95 Å². The highest BCUT2D eigenvalue weighted by atomic mass is 32.1. The predicted octanol–water partition coefficient (Wildman–Crippen LogP) is 5.27. The van der Waals surface area contributed by atoms with Crippen LogP contribution in [0.1, 0.15) is 5.69 Å². The number of nitrogens with one attached hydrogen (secondary N) is 2. The number of rotatable bonds is 2. The summed E-state index contributed by atoms with van der Waals surface area (Å²) in [5.41, 5.74) is 12.7. The van der Waals surface area contributed by atoms with Crippen LogP contribution in [0.25, 0.3) is 53.6 Å². The second kappa shape index (κ2) is 5.89. The standard InChI is InChI=1S/C22H16N6S/c1-11-14-6-13(16-9-24-17-10-25-22(23)26-21(16)17)7-15(20(14)28-27-11)19-8-12-4-2-3-5-18(12)29-19/h2-10,24H,1H3,(H,27,28)(H2,23,25,26). The van der Waals surface area contributed by atoms with E-state index in [0.717, 1.165) is 44.3 Å². The summed E-state index contributed by atoms with van der Waals surface area (Å²) in [5, 5.41) is 10.0. The molecule has 6 nitrogen and oxygen atoms in total. The molecule has 0 saturated carbocycles. The Morgan fingerprint density at radius 1 is 1.07 bits per heavy atom. The lowest BCUT2D eigenvalue weighted by molar-refractivity contribution is 1.07. The van der Waals surface area contributed by atoms with Gasteiger partial charge in [0, 0.05) is 32.3 Å². The molecule has 6 rings (SSSR count). The maximum absolute atomic E-state index is 5.84. The van der Waals surface area contributed by atoms with Crippen molar-refractivity contribution in [2.24, 2.45) is 0 Å². The molecular weight excluding hydrogens is 380 g/mol. The number of fused-ring (bicyclic) bond motifs is 3. The topological polar surface area (TPSA) is 96.3 Å². The van der Waals surface area contributed by atoms with Gasteiger partial charge >= 0.3 is 0 Å². The number of nitrogens with zero attached hydrogens (tertiary/aromatic N) is 3. The number of hydrogen-bond acceptors (Lipinski definition) is 5. The molecule has 0 aliphatic heterocycles. The number of aromatic amines is 2. The normalized spacial score (nSPS) is 11.8. The van der Waals surface area contributed by atoms with E-state index in [1.165, 1.54) is 15.0 Å². The number of nitrogen functional groups attached to an aromatic ring is 1. The van der Waals surface area contributed by atoms with Gasteiger partial charge in [-0.15, -0.1) is 11.3 Å². The Morgan fingerprint density at radius 2 is 1.97 bits per heavy atom. The van der Waals surface area contributed by atoms with Gasteiger partial charge < -0.3 is 10.7 Å². The Balaban J connectivity index is 1.66. The van der Waals surface area contributed by atoms with Crippen molar-refractivity contribution in [1.29, 1.82) is 0 Å². The fourth-order valence-corrected chi connectivity index (χ4v) is 4.94. The molecule has 4 heterocycles. The van der Waals surface area contributed by atoms with Gasteiger partial charge in [0.15, 0.2) is 0 Å². The second-order valence-electron chi connectivity index (χ2n) is 7.10. The number of aryl methyl sites for hydroxylation is 1. The third-order valence-corrected chi connectivity index (χ3v) is 6.45. The number of H-pyrrole nitrogens is 2. The molecule has 6 aromatic rings. The molecule has 7 heteroatoms. The van der Waals surface area contributed by atoms with Gasteiger partial charge in [0.1, 0.15) is 5.52 Å². The Hall–Kier alpha value is -3.71. The highest BCUT2D eigenvalue weighted by Crippen LogP contribution is 2.40. The fraction of sp³-hybridized carbons (Fsp3) is 0.0455. The zero-order valence-electron chi connectivity index (χ0n) is 15.5. The minimum atomic E-state index is 0.267. The van der Waals surface area contributed by atoms with Crippen molar-refractivity contribution in [3.8, 4) is 21.6 Å². The third kappa shape index (κ3) is 2.44. The van der Waals surface area contributed by atoms with Gasteiger partial charge in [-0.05, 0) is 42.1 Å². The molecule has 140 valence electrons. The molecule has 0 unspecified atom stereocenters. The summed E-state index contributed by atoms with van der Waals surface area (Å²) in [4.78, 5) is 13.0. The van der Waals surface area contributed by atoms with E-state index in [9.17, 15) is 0 Å². The number of benzene rings is 2. The maximum atomic E-state index is 5.84. The molecular formula is C22H16N6S. The molecule has 0 amide bonds. The SMILES string of the molecule is Cc1n[nH]c2c(-c3cc4ccccc4s3)cc(-c3c[nH]c4cnc(N)nc34)cc12. The zero-order chi connectivity index (χ0) is 19.5. The van der Waals surface area contributed by atoms with Crippen LogP contribution in [-0.4, -0.2) is 25.1 Å². The van der Waals surface area contributed by atoms with Crippen LogP contribution in [0.5, 0.6) is 0 Å². The summed E-state index contributed by atoms with van der Waals surface area (Å²) in [6, 6.07) is 15.0. The van der Waals surface area contributed by atoms with Crippen molar-refractivity contribution in [3.05, 3.63) is 60.6 Å². The molecule has 4 N–H and O–H groups in total. The molecule has 0 spiro atoms. The lowest BCUT2D eigenvalue weighted by Crippen LogP contribution is -1.93. The van der Waals surface area contributed by atoms with Crippen LogP contribution in [0.4, 0.5) is 5.95 Å². The first-order valence-corrected chi connectivity index (χ1v) is 10.1. The monoisotopic (exact) mass is 396 g/mol. The Morgan fingerprint density at radius 3 is 2.86 bits per heavy atom. The molecule has 0 radical (unpaired) electrons. The number of aromatic nitrogens is 5. The van der Waals surface area contributed by atoms with Crippen molar-refractivity contribution < 1.29 is 0 Å². The summed E-state index contributed by atoms with van der Waals surface area (Å²) in [6.07, 6.45) is 3.68. The van der Waals surface area contributed by atoms with Crippen LogP contribution >= 0.6 is 11.3 Å². The van der Waals surface area contributed by atoms with Crippen LogP contribution in [0, 0.1) is 6.92 Å². The first-order chi connectivity index (χ1) is 14.2. The largest absolute Gasteiger partial charge is 0.368 e. The lowest BCUT2D eigenvalue weighted by Gasteiger charge is -2.06. The van der Waals surface area contributed by atoms with Crippen molar-refractivity contribution in [1.82, 2.24) is 25.1 Å². The van der Waals surface area contributed by atoms with E-state index in [4.69, 9.17) is 5.73 Å². The number of nitrogens with two attached hydrogens (primary N) is 1. The summed E-state index contributed by atoms with van der Waals surface area (Å²) < 4.78 is 1.27. The molecule has 0 saturated heterocycles. The first-order valence-electron chi connectivity index (χ1n) is 9.25. The predicted molar refractivity (Wildman–Crippen MR) is 119 cm³/mol. The molecule has 0 aliphatic rings. The Labute approximate surface area is 169 Å². The van der Waals surface area contributed by atoms with Crippen LogP contribution in [0.3, 0.4) is 0 Å². The Kier molecular flexibility index (Phi) is 3.30. The minimum Gasteiger partial charge on any atom is -0.368 e. The average molecular weight is 396 g/mol. The van der Waals surface area contributed by atoms with Gasteiger partial charge in [-0.3, -0.25) is 5.10 Å². The Bertz CT molecular complexity index is 1500. The smallest absolute Gasteiger partial charge is 0.220 e. The number of thiophene rings is 1. The summed E-state index contributed by atoms with van der Waals surface area (Å²) >= 11 is 1.79. The van der Waals surface area contributed by atoms with Crippen LogP contribution in [0.2, 0.25) is 0 Å². The third-order valence-electron chi connectivity index (χ3n) is 5.30. The van der Waals surface area contributed by atoms with E-state index in [1.807, 2.05) is 13.1 Å². The quantitative estimate of drug-likeness (QED) is 0.371. The summed E-state index contributed by atoms with van der Waals surface area (Å²) in [7, 11) is 0. The molecule has 0 fully saturated rings. The number of hydrogen-bond donors (Lipinski definition) is 3. The first kappa shape index (κ1) is 16.3. The molecule has 2 aromatic carbocycles. The fourth-order valence-electron chi connectivity index (χ4n) is 3.86. The van der Waals surface area contributed by atoms with E-state index >= 15 is 0 Å². The number of anilines is 1. The van der Waals surface area contributed by atoms with Crippen LogP contribution in [0.15, 0.2) is 54.9 Å². The molecule has 0 atom stereocenters. The summed E-state index contributed by atoms with van der Waals surface area (Å²) in [5.74, 6) is 0.267. The van der Waals surface area contributed by atoms with Gasteiger partial charge in [0.25, 0.3) is 0 Å². The van der Waals surface area contributed by atoms with Gasteiger partial charge in [-0.25, -0.2) is 9.97 Å². The van der Waals surface area contributed by atoms with Crippen molar-refractivity contribution >= 4 is 49.3 Å². The van der Waals surface area contributed by atoms with E-state index in [1.54, 1.807) is 17.5 Å². The highest BCUT2D eigenvalue weighted by molar-refractivity contribution is 7.22.